The van der Waals surface area contributed by atoms with Crippen molar-refractivity contribution in [3.63, 3.8) is 0 Å². The van der Waals surface area contributed by atoms with Gasteiger partial charge in [0.1, 0.15) is 0 Å². The van der Waals surface area contributed by atoms with E-state index in [2.05, 4.69) is 31.3 Å². The fraction of sp³-hybridized carbons (Fsp3) is 0.824. The molecule has 2 rings (SSSR count). The molecule has 1 atom stereocenters. The molecule has 1 heterocycles. The maximum atomic E-state index is 6.39. The Morgan fingerprint density at radius 3 is 2.62 bits per heavy atom. The van der Waals surface area contributed by atoms with Gasteiger partial charge in [-0.2, -0.15) is 5.10 Å². The zero-order valence-electron chi connectivity index (χ0n) is 13.7. The van der Waals surface area contributed by atoms with Gasteiger partial charge in [0, 0.05) is 6.54 Å². The highest BCUT2D eigenvalue weighted by molar-refractivity contribution is 6.31. The van der Waals surface area contributed by atoms with E-state index in [4.69, 9.17) is 11.6 Å². The van der Waals surface area contributed by atoms with Crippen LogP contribution in [0.2, 0.25) is 5.02 Å². The fourth-order valence-corrected chi connectivity index (χ4v) is 4.09. The minimum absolute atomic E-state index is 0.340. The Labute approximate surface area is 134 Å². The van der Waals surface area contributed by atoms with Crippen molar-refractivity contribution in [2.75, 3.05) is 7.05 Å². The van der Waals surface area contributed by atoms with Crippen molar-refractivity contribution in [2.45, 2.75) is 71.4 Å². The van der Waals surface area contributed by atoms with Crippen molar-refractivity contribution >= 4 is 11.6 Å². The molecule has 0 amide bonds. The first kappa shape index (κ1) is 16.8. The first-order valence-corrected chi connectivity index (χ1v) is 8.97. The summed E-state index contributed by atoms with van der Waals surface area (Å²) in [4.78, 5) is 0. The molecule has 4 heteroatoms. The van der Waals surface area contributed by atoms with Crippen LogP contribution >= 0.6 is 11.6 Å². The van der Waals surface area contributed by atoms with Gasteiger partial charge in [-0.15, -0.1) is 0 Å². The summed E-state index contributed by atoms with van der Waals surface area (Å²) in [5.41, 5.74) is 1.18. The largest absolute Gasteiger partial charge is 0.311 e. The summed E-state index contributed by atoms with van der Waals surface area (Å²) in [5.74, 6) is 1.64. The summed E-state index contributed by atoms with van der Waals surface area (Å²) >= 11 is 6.39. The molecule has 0 radical (unpaired) electrons. The number of rotatable bonds is 7. The minimum Gasteiger partial charge on any atom is -0.311 e. The Balaban J connectivity index is 2.01. The van der Waals surface area contributed by atoms with Crippen molar-refractivity contribution in [3.8, 4) is 0 Å². The molecule has 21 heavy (non-hydrogen) atoms. The molecule has 0 spiro atoms. The molecule has 1 saturated carbocycles. The summed E-state index contributed by atoms with van der Waals surface area (Å²) in [6, 6.07) is 0.340. The zero-order chi connectivity index (χ0) is 15.2. The van der Waals surface area contributed by atoms with E-state index < -0.39 is 0 Å². The molecule has 1 N–H and O–H groups in total. The van der Waals surface area contributed by atoms with Gasteiger partial charge in [0.15, 0.2) is 0 Å². The minimum atomic E-state index is 0.340. The third-order valence-corrected chi connectivity index (χ3v) is 5.36. The number of nitrogens with zero attached hydrogens (tertiary/aromatic N) is 2. The van der Waals surface area contributed by atoms with E-state index in [1.807, 2.05) is 4.68 Å². The van der Waals surface area contributed by atoms with Crippen LogP contribution < -0.4 is 5.32 Å². The second-order valence-electron chi connectivity index (χ2n) is 6.38. The van der Waals surface area contributed by atoms with Crippen molar-refractivity contribution in [1.29, 1.82) is 0 Å². The van der Waals surface area contributed by atoms with Crippen molar-refractivity contribution in [2.24, 2.45) is 11.8 Å². The van der Waals surface area contributed by atoms with E-state index in [-0.39, 0.29) is 0 Å². The number of halogens is 1. The van der Waals surface area contributed by atoms with Gasteiger partial charge in [0.25, 0.3) is 0 Å². The average Bonchev–Trinajstić information content (AvgIpc) is 2.88. The number of aryl methyl sites for hydroxylation is 1. The van der Waals surface area contributed by atoms with Crippen LogP contribution in [0.4, 0.5) is 0 Å². The normalized spacial score (nSPS) is 24.2. The van der Waals surface area contributed by atoms with Crippen LogP contribution in [0.15, 0.2) is 6.20 Å². The van der Waals surface area contributed by atoms with Crippen LogP contribution in [-0.2, 0) is 6.54 Å². The molecule has 1 unspecified atom stereocenters. The van der Waals surface area contributed by atoms with Crippen LogP contribution in [0.1, 0.15) is 70.5 Å². The third-order valence-electron chi connectivity index (χ3n) is 5.07. The molecule has 3 nitrogen and oxygen atoms in total. The Morgan fingerprint density at radius 2 is 2.05 bits per heavy atom. The summed E-state index contributed by atoms with van der Waals surface area (Å²) in [6.07, 6.45) is 11.3. The van der Waals surface area contributed by atoms with Crippen LogP contribution in [0.3, 0.4) is 0 Å². The summed E-state index contributed by atoms with van der Waals surface area (Å²) in [7, 11) is 2.05. The van der Waals surface area contributed by atoms with Crippen molar-refractivity contribution in [1.82, 2.24) is 15.1 Å². The standard InChI is InChI=1S/C17H30ClN3/c1-4-6-7-13-8-10-14(11-9-13)16(19-3)17-15(18)12-20-21(17)5-2/h12-14,16,19H,4-11H2,1-3H3. The molecule has 0 aromatic carbocycles. The van der Waals surface area contributed by atoms with Gasteiger partial charge >= 0.3 is 0 Å². The Bertz CT molecular complexity index is 422. The highest BCUT2D eigenvalue weighted by Crippen LogP contribution is 2.40. The molecule has 0 bridgehead atoms. The molecule has 120 valence electrons. The van der Waals surface area contributed by atoms with E-state index in [0.29, 0.717) is 12.0 Å². The van der Waals surface area contributed by atoms with Gasteiger partial charge < -0.3 is 5.32 Å². The maximum Gasteiger partial charge on any atom is 0.0834 e. The molecule has 1 aliphatic carbocycles. The number of aromatic nitrogens is 2. The number of unbranched alkanes of at least 4 members (excludes halogenated alkanes) is 1. The van der Waals surface area contributed by atoms with Gasteiger partial charge in [-0.25, -0.2) is 0 Å². The highest BCUT2D eigenvalue weighted by atomic mass is 35.5. The van der Waals surface area contributed by atoms with Gasteiger partial charge in [-0.05, 0) is 38.6 Å². The molecular weight excluding hydrogens is 282 g/mol. The summed E-state index contributed by atoms with van der Waals surface area (Å²) in [5, 5.41) is 8.71. The molecular formula is C17H30ClN3. The van der Waals surface area contributed by atoms with E-state index in [1.165, 1.54) is 50.6 Å². The lowest BCUT2D eigenvalue weighted by Gasteiger charge is -2.34. The van der Waals surface area contributed by atoms with Gasteiger partial charge in [-0.1, -0.05) is 50.6 Å². The number of hydrogen-bond donors (Lipinski definition) is 1. The quantitative estimate of drug-likeness (QED) is 0.783. The number of hydrogen-bond acceptors (Lipinski definition) is 2. The lowest BCUT2D eigenvalue weighted by atomic mass is 9.76. The SMILES string of the molecule is CCCCC1CCC(C(NC)c2c(Cl)cnn2CC)CC1. The van der Waals surface area contributed by atoms with Crippen molar-refractivity contribution in [3.05, 3.63) is 16.9 Å². The summed E-state index contributed by atoms with van der Waals surface area (Å²) < 4.78 is 2.05. The van der Waals surface area contributed by atoms with E-state index >= 15 is 0 Å². The van der Waals surface area contributed by atoms with Gasteiger partial charge in [0.2, 0.25) is 0 Å². The second kappa shape index (κ2) is 8.19. The van der Waals surface area contributed by atoms with Crippen LogP contribution in [0.5, 0.6) is 0 Å². The molecule has 1 fully saturated rings. The fourth-order valence-electron chi connectivity index (χ4n) is 3.83. The highest BCUT2D eigenvalue weighted by Gasteiger charge is 2.30. The smallest absolute Gasteiger partial charge is 0.0834 e. The number of nitrogens with one attached hydrogen (secondary N) is 1. The molecule has 0 saturated heterocycles. The predicted octanol–water partition coefficient (Wildman–Crippen LogP) is 4.81. The van der Waals surface area contributed by atoms with Gasteiger partial charge in [-0.3, -0.25) is 4.68 Å². The Hall–Kier alpha value is -0.540. The lowest BCUT2D eigenvalue weighted by molar-refractivity contribution is 0.212. The molecule has 0 aliphatic heterocycles. The maximum absolute atomic E-state index is 6.39. The van der Waals surface area contributed by atoms with Crippen LogP contribution in [-0.4, -0.2) is 16.8 Å². The van der Waals surface area contributed by atoms with E-state index in [9.17, 15) is 0 Å². The molecule has 1 aliphatic rings. The monoisotopic (exact) mass is 311 g/mol. The third kappa shape index (κ3) is 4.01. The average molecular weight is 312 g/mol. The lowest BCUT2D eigenvalue weighted by Crippen LogP contribution is -2.31. The Morgan fingerprint density at radius 1 is 1.33 bits per heavy atom. The van der Waals surface area contributed by atoms with Crippen LogP contribution in [0, 0.1) is 11.8 Å². The zero-order valence-corrected chi connectivity index (χ0v) is 14.5. The van der Waals surface area contributed by atoms with E-state index in [0.717, 1.165) is 17.5 Å². The van der Waals surface area contributed by atoms with Crippen LogP contribution in [0.25, 0.3) is 0 Å². The van der Waals surface area contributed by atoms with Crippen molar-refractivity contribution < 1.29 is 0 Å². The topological polar surface area (TPSA) is 29.9 Å². The first-order chi connectivity index (χ1) is 10.2. The molecule has 1 aromatic rings. The Kier molecular flexibility index (Phi) is 6.56. The second-order valence-corrected chi connectivity index (χ2v) is 6.79. The van der Waals surface area contributed by atoms with E-state index in [1.54, 1.807) is 6.20 Å². The molecule has 1 aromatic heterocycles. The predicted molar refractivity (Wildman–Crippen MR) is 89.7 cm³/mol. The first-order valence-electron chi connectivity index (χ1n) is 8.59. The van der Waals surface area contributed by atoms with Gasteiger partial charge in [0.05, 0.1) is 23.0 Å². The summed E-state index contributed by atoms with van der Waals surface area (Å²) in [6.45, 7) is 5.30.